The lowest BCUT2D eigenvalue weighted by molar-refractivity contribution is -0.117. The van der Waals surface area contributed by atoms with Crippen LogP contribution in [0.3, 0.4) is 0 Å². The molecule has 19 heavy (non-hydrogen) atoms. The lowest BCUT2D eigenvalue weighted by Gasteiger charge is -2.02. The summed E-state index contributed by atoms with van der Waals surface area (Å²) in [4.78, 5) is 16.9. The highest BCUT2D eigenvalue weighted by atomic mass is 32.1. The number of hydrogen-bond donors (Lipinski definition) is 0. The maximum absolute atomic E-state index is 12.0. The zero-order valence-corrected chi connectivity index (χ0v) is 11.7. The van der Waals surface area contributed by atoms with E-state index in [0.29, 0.717) is 6.42 Å². The molecule has 0 fully saturated rings. The van der Waals surface area contributed by atoms with Gasteiger partial charge in [0.2, 0.25) is 0 Å². The van der Waals surface area contributed by atoms with Crippen LogP contribution in [0.2, 0.25) is 0 Å². The summed E-state index contributed by atoms with van der Waals surface area (Å²) in [6.45, 7) is 0. The molecule has 0 aliphatic heterocycles. The van der Waals surface area contributed by atoms with Gasteiger partial charge in [-0.05, 0) is 36.0 Å². The van der Waals surface area contributed by atoms with Crippen LogP contribution in [0.4, 0.5) is 0 Å². The van der Waals surface area contributed by atoms with E-state index >= 15 is 0 Å². The highest BCUT2D eigenvalue weighted by Crippen LogP contribution is 2.23. The number of thiazole rings is 1. The maximum Gasteiger partial charge on any atom is 0.252 e. The van der Waals surface area contributed by atoms with E-state index in [1.807, 2.05) is 23.2 Å². The van der Waals surface area contributed by atoms with Crippen molar-refractivity contribution in [1.29, 1.82) is 0 Å². The molecule has 3 rings (SSSR count). The predicted molar refractivity (Wildman–Crippen MR) is 76.0 cm³/mol. The number of amides is 1. The van der Waals surface area contributed by atoms with E-state index in [-0.39, 0.29) is 5.91 Å². The van der Waals surface area contributed by atoms with E-state index in [2.05, 4.69) is 23.2 Å². The van der Waals surface area contributed by atoms with Crippen molar-refractivity contribution in [3.63, 3.8) is 0 Å². The normalized spacial score (nSPS) is 14.7. The van der Waals surface area contributed by atoms with Gasteiger partial charge in [0.25, 0.3) is 5.91 Å². The molecule has 4 heteroatoms. The lowest BCUT2D eigenvalue weighted by Crippen LogP contribution is -2.13. The van der Waals surface area contributed by atoms with Gasteiger partial charge in [0.15, 0.2) is 4.80 Å². The number of nitrogens with zero attached hydrogens (tertiary/aromatic N) is 2. The zero-order valence-electron chi connectivity index (χ0n) is 10.9. The Morgan fingerprint density at radius 2 is 2.21 bits per heavy atom. The number of carbonyl (C=O) groups excluding carboxylic acids is 1. The molecule has 1 amide bonds. The molecule has 1 heterocycles. The Labute approximate surface area is 116 Å². The van der Waals surface area contributed by atoms with E-state index in [9.17, 15) is 4.79 Å². The van der Waals surface area contributed by atoms with Crippen LogP contribution in [0, 0.1) is 0 Å². The highest BCUT2D eigenvalue weighted by molar-refractivity contribution is 7.07. The van der Waals surface area contributed by atoms with Crippen LogP contribution in [-0.4, -0.2) is 10.5 Å². The van der Waals surface area contributed by atoms with Gasteiger partial charge in [0, 0.05) is 18.6 Å². The third-order valence-electron chi connectivity index (χ3n) is 3.50. The molecular formula is C15H16N2OS. The molecule has 0 atom stereocenters. The minimum Gasteiger partial charge on any atom is -0.327 e. The summed E-state index contributed by atoms with van der Waals surface area (Å²) < 4.78 is 1.87. The van der Waals surface area contributed by atoms with Crippen molar-refractivity contribution < 1.29 is 4.79 Å². The molecule has 0 saturated carbocycles. The minimum absolute atomic E-state index is 0.0732. The number of rotatable bonds is 2. The van der Waals surface area contributed by atoms with Gasteiger partial charge in [-0.2, -0.15) is 4.99 Å². The number of benzene rings is 1. The molecule has 0 saturated heterocycles. The van der Waals surface area contributed by atoms with Gasteiger partial charge in [-0.3, -0.25) is 4.79 Å². The van der Waals surface area contributed by atoms with Gasteiger partial charge < -0.3 is 4.57 Å². The maximum atomic E-state index is 12.0. The number of carbonyl (C=O) groups is 1. The first-order valence-corrected chi connectivity index (χ1v) is 7.39. The monoisotopic (exact) mass is 272 g/mol. The van der Waals surface area contributed by atoms with Crippen LogP contribution in [0.15, 0.2) is 34.8 Å². The van der Waals surface area contributed by atoms with Crippen LogP contribution < -0.4 is 4.80 Å². The minimum atomic E-state index is -0.0732. The Kier molecular flexibility index (Phi) is 3.34. The van der Waals surface area contributed by atoms with E-state index in [4.69, 9.17) is 0 Å². The second-order valence-electron chi connectivity index (χ2n) is 4.94. The van der Waals surface area contributed by atoms with Crippen LogP contribution in [0.1, 0.15) is 23.1 Å². The number of hydrogen-bond acceptors (Lipinski definition) is 2. The molecule has 0 N–H and O–H groups in total. The third-order valence-corrected chi connectivity index (χ3v) is 4.35. The average Bonchev–Trinajstić information content (AvgIpc) is 2.98. The molecule has 0 spiro atoms. The SMILES string of the molecule is Cn1ccsc1=NC(=O)Cc1ccc2c(c1)CCC2. The molecule has 1 aliphatic rings. The summed E-state index contributed by atoms with van der Waals surface area (Å²) in [5, 5.41) is 1.93. The largest absolute Gasteiger partial charge is 0.327 e. The fraction of sp³-hybridized carbons (Fsp3) is 0.333. The second-order valence-corrected chi connectivity index (χ2v) is 5.81. The van der Waals surface area contributed by atoms with Crippen LogP contribution >= 0.6 is 11.3 Å². The van der Waals surface area contributed by atoms with Gasteiger partial charge in [0.1, 0.15) is 0 Å². The topological polar surface area (TPSA) is 34.4 Å². The molecule has 0 radical (unpaired) electrons. The van der Waals surface area contributed by atoms with Gasteiger partial charge >= 0.3 is 0 Å². The molecule has 1 aliphatic carbocycles. The smallest absolute Gasteiger partial charge is 0.252 e. The first-order chi connectivity index (χ1) is 9.22. The number of aromatic nitrogens is 1. The Bertz CT molecular complexity index is 681. The molecule has 1 aromatic heterocycles. The first kappa shape index (κ1) is 12.4. The van der Waals surface area contributed by atoms with Crippen molar-refractivity contribution in [2.24, 2.45) is 12.0 Å². The molecule has 0 bridgehead atoms. The number of fused-ring (bicyclic) bond motifs is 1. The van der Waals surface area contributed by atoms with Crippen molar-refractivity contribution in [1.82, 2.24) is 4.57 Å². The summed E-state index contributed by atoms with van der Waals surface area (Å²) in [6, 6.07) is 6.40. The lowest BCUT2D eigenvalue weighted by atomic mass is 10.0. The van der Waals surface area contributed by atoms with Gasteiger partial charge in [0.05, 0.1) is 6.42 Å². The molecule has 1 aromatic carbocycles. The van der Waals surface area contributed by atoms with Crippen LogP contribution in [-0.2, 0) is 31.1 Å². The molecule has 3 nitrogen and oxygen atoms in total. The molecule has 98 valence electrons. The second kappa shape index (κ2) is 5.13. The fourth-order valence-corrected chi connectivity index (χ4v) is 3.24. The fourth-order valence-electron chi connectivity index (χ4n) is 2.49. The van der Waals surface area contributed by atoms with E-state index < -0.39 is 0 Å². The number of aryl methyl sites for hydroxylation is 3. The summed E-state index contributed by atoms with van der Waals surface area (Å²) in [5.41, 5.74) is 3.93. The Morgan fingerprint density at radius 1 is 1.37 bits per heavy atom. The van der Waals surface area contributed by atoms with E-state index in [1.54, 1.807) is 0 Å². The Morgan fingerprint density at radius 3 is 3.00 bits per heavy atom. The summed E-state index contributed by atoms with van der Waals surface area (Å²) in [6.07, 6.45) is 5.87. The van der Waals surface area contributed by atoms with E-state index in [1.165, 1.54) is 35.3 Å². The van der Waals surface area contributed by atoms with E-state index in [0.717, 1.165) is 16.8 Å². The molecule has 2 aromatic rings. The summed E-state index contributed by atoms with van der Waals surface area (Å²) >= 11 is 1.48. The highest BCUT2D eigenvalue weighted by Gasteiger charge is 2.12. The van der Waals surface area contributed by atoms with Crippen molar-refractivity contribution in [2.75, 3.05) is 0 Å². The third kappa shape index (κ3) is 2.68. The zero-order chi connectivity index (χ0) is 13.2. The van der Waals surface area contributed by atoms with Crippen LogP contribution in [0.5, 0.6) is 0 Å². The average molecular weight is 272 g/mol. The van der Waals surface area contributed by atoms with Crippen LogP contribution in [0.25, 0.3) is 0 Å². The summed E-state index contributed by atoms with van der Waals surface area (Å²) in [7, 11) is 1.90. The molecule has 0 unspecified atom stereocenters. The molecular weight excluding hydrogens is 256 g/mol. The van der Waals surface area contributed by atoms with Gasteiger partial charge in [-0.25, -0.2) is 0 Å². The van der Waals surface area contributed by atoms with Crippen molar-refractivity contribution in [3.8, 4) is 0 Å². The van der Waals surface area contributed by atoms with Gasteiger partial charge in [-0.15, -0.1) is 11.3 Å². The van der Waals surface area contributed by atoms with Crippen molar-refractivity contribution in [3.05, 3.63) is 51.3 Å². The summed E-state index contributed by atoms with van der Waals surface area (Å²) in [5.74, 6) is -0.0732. The van der Waals surface area contributed by atoms with Crippen molar-refractivity contribution in [2.45, 2.75) is 25.7 Å². The first-order valence-electron chi connectivity index (χ1n) is 6.51. The van der Waals surface area contributed by atoms with Gasteiger partial charge in [-0.1, -0.05) is 18.2 Å². The standard InChI is InChI=1S/C15H16N2OS/c1-17-7-8-19-15(17)16-14(18)10-11-5-6-12-3-2-4-13(12)9-11/h5-9H,2-4,10H2,1H3. The quantitative estimate of drug-likeness (QED) is 0.825. The van der Waals surface area contributed by atoms with Crippen molar-refractivity contribution >= 4 is 17.2 Å². The predicted octanol–water partition coefficient (Wildman–Crippen LogP) is 2.25. The Hall–Kier alpha value is -1.68. The Balaban J connectivity index is 1.79.